The minimum atomic E-state index is -0.639. The summed E-state index contributed by atoms with van der Waals surface area (Å²) in [5, 5.41) is 19.0. The van der Waals surface area contributed by atoms with Crippen molar-refractivity contribution < 1.29 is 14.7 Å². The van der Waals surface area contributed by atoms with Crippen LogP contribution in [0.5, 0.6) is 0 Å². The Morgan fingerprint density at radius 1 is 1.28 bits per heavy atom. The number of halogens is 2. The number of aliphatic hydroxyl groups excluding tert-OH is 1. The van der Waals surface area contributed by atoms with Gasteiger partial charge in [-0.05, 0) is 30.2 Å². The van der Waals surface area contributed by atoms with Gasteiger partial charge in [0.05, 0.1) is 6.10 Å². The normalized spacial score (nSPS) is 20.7. The van der Waals surface area contributed by atoms with Crippen molar-refractivity contribution in [1.29, 1.82) is 0 Å². The van der Waals surface area contributed by atoms with Gasteiger partial charge in [0.2, 0.25) is 5.91 Å². The van der Waals surface area contributed by atoms with Crippen LogP contribution in [0, 0.1) is 11.8 Å². The molecule has 6 nitrogen and oxygen atoms in total. The van der Waals surface area contributed by atoms with Gasteiger partial charge < -0.3 is 21.1 Å². The average Bonchev–Trinajstić information content (AvgIpc) is 2.95. The van der Waals surface area contributed by atoms with Crippen molar-refractivity contribution in [3.05, 3.63) is 34.9 Å². The fourth-order valence-corrected chi connectivity index (χ4v) is 2.76. The number of nitrogens with one attached hydrogen (secondary N) is 3. The molecule has 4 N–H and O–H groups in total. The first-order valence-electron chi connectivity index (χ1n) is 8.11. The van der Waals surface area contributed by atoms with E-state index >= 15 is 0 Å². The molecular weight excluding hydrogens is 365 g/mol. The molecule has 1 aromatic rings. The van der Waals surface area contributed by atoms with Crippen LogP contribution in [0.2, 0.25) is 5.02 Å². The van der Waals surface area contributed by atoms with E-state index in [9.17, 15) is 14.7 Å². The summed E-state index contributed by atoms with van der Waals surface area (Å²) in [6, 6.07) is 5.87. The van der Waals surface area contributed by atoms with Crippen LogP contribution < -0.4 is 16.0 Å². The van der Waals surface area contributed by atoms with Crippen molar-refractivity contribution in [3.63, 3.8) is 0 Å². The standard InChI is InChI=1S/C17H24ClN3O3.ClH/c1-10(2)15(17(24)20-8-12-7-19-9-14(12)22)21-16(23)11-3-5-13(18)6-4-11;/h3-6,10,12,14-15,19,22H,7-9H2,1-2H3,(H,20,24)(H,21,23);1H. The SMILES string of the molecule is CC(C)C(NC(=O)c1ccc(Cl)cc1)C(=O)NCC1CNCC1O.Cl. The van der Waals surface area contributed by atoms with Crippen LogP contribution in [-0.2, 0) is 4.79 Å². The Hall–Kier alpha value is -1.34. The lowest BCUT2D eigenvalue weighted by Crippen LogP contribution is -2.51. The number of carbonyl (C=O) groups is 2. The summed E-state index contributed by atoms with van der Waals surface area (Å²) in [7, 11) is 0. The maximum Gasteiger partial charge on any atom is 0.251 e. The van der Waals surface area contributed by atoms with E-state index in [1.807, 2.05) is 13.8 Å². The molecule has 0 aliphatic carbocycles. The average molecular weight is 390 g/mol. The van der Waals surface area contributed by atoms with Gasteiger partial charge in [0.1, 0.15) is 6.04 Å². The Labute approximate surface area is 159 Å². The third-order valence-electron chi connectivity index (χ3n) is 4.18. The van der Waals surface area contributed by atoms with E-state index in [0.29, 0.717) is 30.2 Å². The van der Waals surface area contributed by atoms with E-state index in [0.717, 1.165) is 0 Å². The topological polar surface area (TPSA) is 90.5 Å². The molecule has 0 radical (unpaired) electrons. The monoisotopic (exact) mass is 389 g/mol. The summed E-state index contributed by atoms with van der Waals surface area (Å²) in [5.41, 5.74) is 0.452. The third-order valence-corrected chi connectivity index (χ3v) is 4.44. The Kier molecular flexibility index (Phi) is 8.65. The number of hydrogen-bond donors (Lipinski definition) is 4. The highest BCUT2D eigenvalue weighted by Crippen LogP contribution is 2.11. The number of carbonyl (C=O) groups excluding carboxylic acids is 2. The second-order valence-electron chi connectivity index (χ2n) is 6.43. The molecule has 0 bridgehead atoms. The van der Waals surface area contributed by atoms with Crippen LogP contribution in [0.1, 0.15) is 24.2 Å². The Morgan fingerprint density at radius 2 is 1.92 bits per heavy atom. The zero-order valence-electron chi connectivity index (χ0n) is 14.3. The molecule has 3 atom stereocenters. The highest BCUT2D eigenvalue weighted by Gasteiger charge is 2.28. The largest absolute Gasteiger partial charge is 0.391 e. The second kappa shape index (κ2) is 9.97. The second-order valence-corrected chi connectivity index (χ2v) is 6.87. The number of hydrogen-bond acceptors (Lipinski definition) is 4. The summed E-state index contributed by atoms with van der Waals surface area (Å²) < 4.78 is 0. The summed E-state index contributed by atoms with van der Waals surface area (Å²) in [6.07, 6.45) is -0.452. The van der Waals surface area contributed by atoms with Crippen LogP contribution in [0.25, 0.3) is 0 Å². The molecule has 0 aromatic heterocycles. The molecule has 1 aliphatic rings. The molecule has 1 saturated heterocycles. The number of amides is 2. The zero-order chi connectivity index (χ0) is 17.7. The fraction of sp³-hybridized carbons (Fsp3) is 0.529. The highest BCUT2D eigenvalue weighted by molar-refractivity contribution is 6.30. The van der Waals surface area contributed by atoms with Crippen molar-refractivity contribution in [2.24, 2.45) is 11.8 Å². The first-order valence-corrected chi connectivity index (χ1v) is 8.49. The van der Waals surface area contributed by atoms with Crippen LogP contribution in [-0.4, -0.2) is 48.7 Å². The van der Waals surface area contributed by atoms with Crippen LogP contribution >= 0.6 is 24.0 Å². The van der Waals surface area contributed by atoms with E-state index in [4.69, 9.17) is 11.6 Å². The summed E-state index contributed by atoms with van der Waals surface area (Å²) >= 11 is 5.82. The summed E-state index contributed by atoms with van der Waals surface area (Å²) in [5.74, 6) is -0.629. The van der Waals surface area contributed by atoms with Gasteiger partial charge in [0, 0.05) is 36.1 Å². The van der Waals surface area contributed by atoms with Crippen LogP contribution in [0.4, 0.5) is 0 Å². The van der Waals surface area contributed by atoms with Gasteiger partial charge in [0.15, 0.2) is 0 Å². The van der Waals surface area contributed by atoms with Gasteiger partial charge in [-0.25, -0.2) is 0 Å². The first kappa shape index (κ1) is 21.7. The molecule has 2 rings (SSSR count). The predicted octanol–water partition coefficient (Wildman–Crippen LogP) is 1.21. The zero-order valence-corrected chi connectivity index (χ0v) is 15.9. The molecule has 0 spiro atoms. The molecule has 8 heteroatoms. The number of aliphatic hydroxyl groups is 1. The maximum atomic E-state index is 12.4. The smallest absolute Gasteiger partial charge is 0.251 e. The third kappa shape index (κ3) is 6.15. The van der Waals surface area contributed by atoms with Crippen molar-refractivity contribution >= 4 is 35.8 Å². The van der Waals surface area contributed by atoms with Gasteiger partial charge in [-0.3, -0.25) is 9.59 Å². The first-order chi connectivity index (χ1) is 11.4. The molecule has 1 aliphatic heterocycles. The lowest BCUT2D eigenvalue weighted by Gasteiger charge is -2.23. The minimum absolute atomic E-state index is 0. The van der Waals surface area contributed by atoms with Crippen molar-refractivity contribution in [3.8, 4) is 0 Å². The number of rotatable bonds is 6. The number of benzene rings is 1. The van der Waals surface area contributed by atoms with Crippen LogP contribution in [0.15, 0.2) is 24.3 Å². The quantitative estimate of drug-likeness (QED) is 0.588. The molecule has 1 fully saturated rings. The van der Waals surface area contributed by atoms with E-state index < -0.39 is 12.1 Å². The molecule has 0 saturated carbocycles. The van der Waals surface area contributed by atoms with E-state index in [1.165, 1.54) is 0 Å². The fourth-order valence-electron chi connectivity index (χ4n) is 2.63. The summed E-state index contributed by atoms with van der Waals surface area (Å²) in [6.45, 7) is 5.34. The molecule has 140 valence electrons. The molecular formula is C17H25Cl2N3O3. The Balaban J connectivity index is 0.00000312. The minimum Gasteiger partial charge on any atom is -0.391 e. The Morgan fingerprint density at radius 3 is 2.44 bits per heavy atom. The van der Waals surface area contributed by atoms with Gasteiger partial charge in [-0.1, -0.05) is 25.4 Å². The molecule has 25 heavy (non-hydrogen) atoms. The molecule has 1 aromatic carbocycles. The van der Waals surface area contributed by atoms with Crippen molar-refractivity contribution in [1.82, 2.24) is 16.0 Å². The van der Waals surface area contributed by atoms with Gasteiger partial charge in [-0.2, -0.15) is 0 Å². The molecule has 2 amide bonds. The maximum absolute atomic E-state index is 12.4. The van der Waals surface area contributed by atoms with E-state index in [1.54, 1.807) is 24.3 Å². The van der Waals surface area contributed by atoms with Gasteiger partial charge >= 0.3 is 0 Å². The van der Waals surface area contributed by atoms with Crippen molar-refractivity contribution in [2.45, 2.75) is 26.0 Å². The molecule has 1 heterocycles. The van der Waals surface area contributed by atoms with Gasteiger partial charge in [-0.15, -0.1) is 12.4 Å². The lowest BCUT2D eigenvalue weighted by atomic mass is 10.0. The summed E-state index contributed by atoms with van der Waals surface area (Å²) in [4.78, 5) is 24.7. The van der Waals surface area contributed by atoms with Crippen LogP contribution in [0.3, 0.4) is 0 Å². The van der Waals surface area contributed by atoms with E-state index in [-0.39, 0.29) is 36.1 Å². The highest BCUT2D eigenvalue weighted by atomic mass is 35.5. The number of β-amino-alcohol motifs (C(OH)–C–C–N with tert-alkyl or cyclic N) is 1. The molecule has 3 unspecified atom stereocenters. The van der Waals surface area contributed by atoms with Gasteiger partial charge in [0.25, 0.3) is 5.91 Å². The van der Waals surface area contributed by atoms with E-state index in [2.05, 4.69) is 16.0 Å². The predicted molar refractivity (Wildman–Crippen MR) is 100 cm³/mol. The van der Waals surface area contributed by atoms with Crippen molar-refractivity contribution in [2.75, 3.05) is 19.6 Å². The lowest BCUT2D eigenvalue weighted by molar-refractivity contribution is -0.124. The Bertz CT molecular complexity index is 581.